The standard InChI is InChI=1S/C11H18N4O/c1-3-8-12-9(15-14-8)10(16)13-11(4-2)6-5-7-11/h3-7H2,1-2H3,(H,13,16)(H,12,14,15). The van der Waals surface area contributed by atoms with Gasteiger partial charge in [-0.2, -0.15) is 0 Å². The zero-order valence-electron chi connectivity index (χ0n) is 9.84. The van der Waals surface area contributed by atoms with E-state index in [9.17, 15) is 4.79 Å². The summed E-state index contributed by atoms with van der Waals surface area (Å²) in [5, 5.41) is 9.72. The maximum Gasteiger partial charge on any atom is 0.291 e. The maximum atomic E-state index is 11.9. The van der Waals surface area contributed by atoms with Crippen LogP contribution >= 0.6 is 0 Å². The van der Waals surface area contributed by atoms with Crippen molar-refractivity contribution in [2.75, 3.05) is 0 Å². The summed E-state index contributed by atoms with van der Waals surface area (Å²) >= 11 is 0. The fourth-order valence-corrected chi connectivity index (χ4v) is 2.02. The molecule has 0 bridgehead atoms. The molecule has 1 aromatic heterocycles. The first-order chi connectivity index (χ1) is 7.69. The highest BCUT2D eigenvalue weighted by Gasteiger charge is 2.37. The lowest BCUT2D eigenvalue weighted by Crippen LogP contribution is -2.53. The number of carbonyl (C=O) groups excluding carboxylic acids is 1. The highest BCUT2D eigenvalue weighted by molar-refractivity contribution is 5.91. The minimum absolute atomic E-state index is 0.00406. The number of rotatable bonds is 4. The lowest BCUT2D eigenvalue weighted by Gasteiger charge is -2.41. The highest BCUT2D eigenvalue weighted by Crippen LogP contribution is 2.34. The molecule has 88 valence electrons. The Kier molecular flexibility index (Phi) is 2.94. The van der Waals surface area contributed by atoms with Gasteiger partial charge in [-0.25, -0.2) is 4.98 Å². The van der Waals surface area contributed by atoms with Crippen LogP contribution in [-0.4, -0.2) is 26.6 Å². The first-order valence-corrected chi connectivity index (χ1v) is 5.93. The molecule has 1 aromatic rings. The summed E-state index contributed by atoms with van der Waals surface area (Å²) in [6.45, 7) is 4.08. The van der Waals surface area contributed by atoms with Crippen molar-refractivity contribution in [2.24, 2.45) is 0 Å². The predicted octanol–water partition coefficient (Wildman–Crippen LogP) is 1.43. The van der Waals surface area contributed by atoms with E-state index in [2.05, 4.69) is 27.4 Å². The van der Waals surface area contributed by atoms with Crippen molar-refractivity contribution >= 4 is 5.91 Å². The van der Waals surface area contributed by atoms with E-state index < -0.39 is 0 Å². The molecule has 1 heterocycles. The monoisotopic (exact) mass is 222 g/mol. The molecule has 16 heavy (non-hydrogen) atoms. The van der Waals surface area contributed by atoms with Crippen LogP contribution in [0.15, 0.2) is 0 Å². The van der Waals surface area contributed by atoms with E-state index in [1.807, 2.05) is 6.92 Å². The van der Waals surface area contributed by atoms with Gasteiger partial charge in [0.15, 0.2) is 0 Å². The highest BCUT2D eigenvalue weighted by atomic mass is 16.2. The van der Waals surface area contributed by atoms with E-state index in [1.54, 1.807) is 0 Å². The van der Waals surface area contributed by atoms with E-state index in [0.717, 1.165) is 31.5 Å². The normalized spacial score (nSPS) is 17.9. The van der Waals surface area contributed by atoms with Gasteiger partial charge in [-0.1, -0.05) is 13.8 Å². The topological polar surface area (TPSA) is 70.7 Å². The summed E-state index contributed by atoms with van der Waals surface area (Å²) in [7, 11) is 0. The number of aromatic nitrogens is 3. The number of hydrogen-bond donors (Lipinski definition) is 2. The molecule has 2 rings (SSSR count). The SMILES string of the molecule is CCc1nc(C(=O)NC2(CC)CCC2)n[nH]1. The molecule has 1 amide bonds. The summed E-state index contributed by atoms with van der Waals surface area (Å²) in [6, 6.07) is 0. The van der Waals surface area contributed by atoms with Gasteiger partial charge in [-0.05, 0) is 25.7 Å². The predicted molar refractivity (Wildman–Crippen MR) is 60.1 cm³/mol. The van der Waals surface area contributed by atoms with E-state index in [-0.39, 0.29) is 17.3 Å². The fraction of sp³-hybridized carbons (Fsp3) is 0.727. The lowest BCUT2D eigenvalue weighted by molar-refractivity contribution is 0.0810. The molecule has 1 aliphatic carbocycles. The third-order valence-corrected chi connectivity index (χ3v) is 3.44. The summed E-state index contributed by atoms with van der Waals surface area (Å²) in [5.74, 6) is 0.860. The minimum Gasteiger partial charge on any atom is -0.344 e. The van der Waals surface area contributed by atoms with Gasteiger partial charge in [0.05, 0.1) is 0 Å². The van der Waals surface area contributed by atoms with Crippen LogP contribution in [0.4, 0.5) is 0 Å². The Hall–Kier alpha value is -1.39. The van der Waals surface area contributed by atoms with Crippen LogP contribution in [0.2, 0.25) is 0 Å². The van der Waals surface area contributed by atoms with E-state index in [0.29, 0.717) is 0 Å². The Morgan fingerprint density at radius 3 is 2.69 bits per heavy atom. The summed E-state index contributed by atoms with van der Waals surface area (Å²) in [5.41, 5.74) is 0.00406. The van der Waals surface area contributed by atoms with Crippen LogP contribution in [0.1, 0.15) is 56.0 Å². The number of carbonyl (C=O) groups is 1. The van der Waals surface area contributed by atoms with Gasteiger partial charge in [0, 0.05) is 12.0 Å². The number of hydrogen-bond acceptors (Lipinski definition) is 3. The van der Waals surface area contributed by atoms with Crippen LogP contribution in [0, 0.1) is 0 Å². The molecule has 1 saturated carbocycles. The van der Waals surface area contributed by atoms with Crippen LogP contribution in [-0.2, 0) is 6.42 Å². The van der Waals surface area contributed by atoms with E-state index in [4.69, 9.17) is 0 Å². The Bertz CT molecular complexity index is 376. The smallest absolute Gasteiger partial charge is 0.291 e. The second kappa shape index (κ2) is 4.23. The third-order valence-electron chi connectivity index (χ3n) is 3.44. The van der Waals surface area contributed by atoms with Gasteiger partial charge >= 0.3 is 0 Å². The van der Waals surface area contributed by atoms with Crippen LogP contribution < -0.4 is 5.32 Å². The average Bonchev–Trinajstić information content (AvgIpc) is 2.71. The van der Waals surface area contributed by atoms with Gasteiger partial charge in [-0.3, -0.25) is 9.89 Å². The van der Waals surface area contributed by atoms with E-state index in [1.165, 1.54) is 6.42 Å². The van der Waals surface area contributed by atoms with Crippen molar-refractivity contribution in [3.63, 3.8) is 0 Å². The summed E-state index contributed by atoms with van der Waals surface area (Å²) < 4.78 is 0. The summed E-state index contributed by atoms with van der Waals surface area (Å²) in [4.78, 5) is 16.0. The van der Waals surface area contributed by atoms with Gasteiger partial charge in [0.2, 0.25) is 5.82 Å². The maximum absolute atomic E-state index is 11.9. The molecule has 1 fully saturated rings. The quantitative estimate of drug-likeness (QED) is 0.809. The van der Waals surface area contributed by atoms with Gasteiger partial charge in [-0.15, -0.1) is 5.10 Å². The summed E-state index contributed by atoms with van der Waals surface area (Å²) in [6.07, 6.45) is 5.08. The van der Waals surface area contributed by atoms with Crippen LogP contribution in [0.25, 0.3) is 0 Å². The lowest BCUT2D eigenvalue weighted by atomic mass is 9.75. The van der Waals surface area contributed by atoms with Crippen molar-refractivity contribution in [1.82, 2.24) is 20.5 Å². The molecule has 1 aliphatic rings. The second-order valence-corrected chi connectivity index (χ2v) is 4.40. The molecule has 0 aromatic carbocycles. The Balaban J connectivity index is 2.02. The Morgan fingerprint density at radius 2 is 2.25 bits per heavy atom. The zero-order valence-corrected chi connectivity index (χ0v) is 9.84. The average molecular weight is 222 g/mol. The van der Waals surface area contributed by atoms with Crippen LogP contribution in [0.3, 0.4) is 0 Å². The molecule has 0 radical (unpaired) electrons. The number of H-pyrrole nitrogens is 1. The number of aromatic amines is 1. The molecule has 0 spiro atoms. The van der Waals surface area contributed by atoms with Gasteiger partial charge < -0.3 is 5.32 Å². The van der Waals surface area contributed by atoms with Gasteiger partial charge in [0.1, 0.15) is 5.82 Å². The van der Waals surface area contributed by atoms with Crippen molar-refractivity contribution in [3.05, 3.63) is 11.6 Å². The van der Waals surface area contributed by atoms with Crippen molar-refractivity contribution in [2.45, 2.75) is 51.5 Å². The number of nitrogens with zero attached hydrogens (tertiary/aromatic N) is 2. The minimum atomic E-state index is -0.155. The molecule has 5 heteroatoms. The zero-order chi connectivity index (χ0) is 11.6. The molecular formula is C11H18N4O. The molecule has 0 aliphatic heterocycles. The van der Waals surface area contributed by atoms with Crippen molar-refractivity contribution in [3.8, 4) is 0 Å². The second-order valence-electron chi connectivity index (χ2n) is 4.40. The first kappa shape index (κ1) is 11.1. The first-order valence-electron chi connectivity index (χ1n) is 5.93. The molecule has 5 nitrogen and oxygen atoms in total. The number of aryl methyl sites for hydroxylation is 1. The van der Waals surface area contributed by atoms with Crippen LogP contribution in [0.5, 0.6) is 0 Å². The molecule has 0 unspecified atom stereocenters. The third kappa shape index (κ3) is 1.94. The molecule has 2 N–H and O–H groups in total. The Morgan fingerprint density at radius 1 is 1.50 bits per heavy atom. The molecular weight excluding hydrogens is 204 g/mol. The molecule has 0 saturated heterocycles. The molecule has 0 atom stereocenters. The number of nitrogens with one attached hydrogen (secondary N) is 2. The van der Waals surface area contributed by atoms with E-state index >= 15 is 0 Å². The Labute approximate surface area is 95.0 Å². The van der Waals surface area contributed by atoms with Crippen molar-refractivity contribution < 1.29 is 4.79 Å². The van der Waals surface area contributed by atoms with Crippen molar-refractivity contribution in [1.29, 1.82) is 0 Å². The fourth-order valence-electron chi connectivity index (χ4n) is 2.02. The number of amides is 1. The van der Waals surface area contributed by atoms with Gasteiger partial charge in [0.25, 0.3) is 5.91 Å². The largest absolute Gasteiger partial charge is 0.344 e.